The van der Waals surface area contributed by atoms with E-state index in [2.05, 4.69) is 32.7 Å². The molecule has 27 heavy (non-hydrogen) atoms. The van der Waals surface area contributed by atoms with Crippen LogP contribution in [0.3, 0.4) is 0 Å². The molecule has 0 aliphatic carbocycles. The van der Waals surface area contributed by atoms with Crippen molar-refractivity contribution in [2.24, 2.45) is 4.99 Å². The number of hydrogen-bond acceptors (Lipinski definition) is 4. The monoisotopic (exact) mass is 506 g/mol. The molecule has 7 nitrogen and oxygen atoms in total. The number of nitrogens with one attached hydrogen (secondary N) is 2. The summed E-state index contributed by atoms with van der Waals surface area (Å²) in [4.78, 5) is 4.53. The number of guanidine groups is 1. The van der Waals surface area contributed by atoms with Crippen LogP contribution in [0.25, 0.3) is 0 Å². The Morgan fingerprint density at radius 2 is 1.96 bits per heavy atom. The average molecular weight is 507 g/mol. The lowest BCUT2D eigenvalue weighted by atomic mass is 10.1. The first-order chi connectivity index (χ1) is 12.7. The highest BCUT2D eigenvalue weighted by atomic mass is 127. The summed E-state index contributed by atoms with van der Waals surface area (Å²) in [5.41, 5.74) is 1.23. The van der Waals surface area contributed by atoms with Gasteiger partial charge in [-0.05, 0) is 24.1 Å². The van der Waals surface area contributed by atoms with E-state index in [1.165, 1.54) is 5.56 Å². The molecule has 0 spiro atoms. The third-order valence-electron chi connectivity index (χ3n) is 3.84. The molecule has 1 aromatic heterocycles. The van der Waals surface area contributed by atoms with Crippen molar-refractivity contribution >= 4 is 41.5 Å². The van der Waals surface area contributed by atoms with Gasteiger partial charge in [0.25, 0.3) is 0 Å². The van der Waals surface area contributed by atoms with Crippen molar-refractivity contribution in [3.8, 4) is 0 Å². The lowest BCUT2D eigenvalue weighted by molar-refractivity contribution is 0.208. The molecule has 0 bridgehead atoms. The molecule has 2 aromatic rings. The van der Waals surface area contributed by atoms with E-state index in [1.807, 2.05) is 28.8 Å². The number of rotatable bonds is 10. The second kappa shape index (κ2) is 13.7. The van der Waals surface area contributed by atoms with Crippen LogP contribution in [0.5, 0.6) is 0 Å². The molecule has 0 radical (unpaired) electrons. The van der Waals surface area contributed by atoms with Crippen molar-refractivity contribution in [1.82, 2.24) is 25.4 Å². The van der Waals surface area contributed by atoms with Gasteiger partial charge in [-0.3, -0.25) is 4.99 Å². The summed E-state index contributed by atoms with van der Waals surface area (Å²) in [5.74, 6) is 1.77. The van der Waals surface area contributed by atoms with E-state index in [0.717, 1.165) is 49.3 Å². The third kappa shape index (κ3) is 8.89. The van der Waals surface area contributed by atoms with Gasteiger partial charge in [0.05, 0.1) is 13.2 Å². The first-order valence-electron chi connectivity index (χ1n) is 8.85. The molecule has 9 heteroatoms. The smallest absolute Gasteiger partial charge is 0.191 e. The zero-order valence-electron chi connectivity index (χ0n) is 15.8. The van der Waals surface area contributed by atoms with Gasteiger partial charge < -0.3 is 19.9 Å². The summed E-state index contributed by atoms with van der Waals surface area (Å²) < 4.78 is 7.12. The quantitative estimate of drug-likeness (QED) is 0.224. The first kappa shape index (κ1) is 23.6. The predicted octanol–water partition coefficient (Wildman–Crippen LogP) is 2.54. The van der Waals surface area contributed by atoms with E-state index in [4.69, 9.17) is 16.3 Å². The molecule has 0 aliphatic rings. The highest BCUT2D eigenvalue weighted by Crippen LogP contribution is 2.09. The van der Waals surface area contributed by atoms with Crippen molar-refractivity contribution in [3.05, 3.63) is 47.0 Å². The van der Waals surface area contributed by atoms with Crippen molar-refractivity contribution < 1.29 is 4.74 Å². The molecule has 0 saturated heterocycles. The van der Waals surface area contributed by atoms with Gasteiger partial charge in [0.15, 0.2) is 5.96 Å². The van der Waals surface area contributed by atoms with Crippen LogP contribution in [0, 0.1) is 0 Å². The maximum atomic E-state index is 5.92. The maximum absolute atomic E-state index is 5.92. The molecular weight excluding hydrogens is 479 g/mol. The number of methoxy groups -OCH3 is 1. The molecule has 0 amide bonds. The van der Waals surface area contributed by atoms with Gasteiger partial charge in [0.2, 0.25) is 0 Å². The van der Waals surface area contributed by atoms with E-state index < -0.39 is 0 Å². The fraction of sp³-hybridized carbons (Fsp3) is 0.500. The number of aryl methyl sites for hydroxylation is 1. The Morgan fingerprint density at radius 3 is 2.67 bits per heavy atom. The van der Waals surface area contributed by atoms with Gasteiger partial charge >= 0.3 is 0 Å². The van der Waals surface area contributed by atoms with E-state index >= 15 is 0 Å². The minimum absolute atomic E-state index is 0. The van der Waals surface area contributed by atoms with Crippen molar-refractivity contribution in [2.45, 2.75) is 26.3 Å². The summed E-state index contributed by atoms with van der Waals surface area (Å²) in [5, 5.41) is 15.5. The zero-order chi connectivity index (χ0) is 18.6. The summed E-state index contributed by atoms with van der Waals surface area (Å²) in [6.07, 6.45) is 3.53. The molecule has 0 fully saturated rings. The molecule has 1 heterocycles. The Kier molecular flexibility index (Phi) is 12.0. The molecule has 0 atom stereocenters. The second-order valence-corrected chi connectivity index (χ2v) is 6.18. The average Bonchev–Trinajstić information content (AvgIpc) is 3.10. The Bertz CT molecular complexity index is 677. The Balaban J connectivity index is 0.00000364. The molecule has 0 saturated carbocycles. The van der Waals surface area contributed by atoms with E-state index in [-0.39, 0.29) is 24.0 Å². The highest BCUT2D eigenvalue weighted by molar-refractivity contribution is 14.0. The molecule has 1 aromatic carbocycles. The van der Waals surface area contributed by atoms with Gasteiger partial charge in [0.1, 0.15) is 12.2 Å². The minimum atomic E-state index is 0. The number of benzene rings is 1. The summed E-state index contributed by atoms with van der Waals surface area (Å²) >= 11 is 5.92. The lowest BCUT2D eigenvalue weighted by Gasteiger charge is -2.13. The normalized spacial score (nSPS) is 11.1. The van der Waals surface area contributed by atoms with Gasteiger partial charge in [-0.1, -0.05) is 30.7 Å². The zero-order valence-corrected chi connectivity index (χ0v) is 18.9. The predicted molar refractivity (Wildman–Crippen MR) is 120 cm³/mol. The van der Waals surface area contributed by atoms with Crippen LogP contribution in [0.2, 0.25) is 5.02 Å². The Hall–Kier alpha value is -1.39. The Morgan fingerprint density at radius 1 is 1.22 bits per heavy atom. The fourth-order valence-corrected chi connectivity index (χ4v) is 2.56. The van der Waals surface area contributed by atoms with Crippen LogP contribution in [0.1, 0.15) is 18.3 Å². The number of aliphatic imine (C=N–C) groups is 1. The third-order valence-corrected chi connectivity index (χ3v) is 4.09. The van der Waals surface area contributed by atoms with E-state index in [1.54, 1.807) is 13.4 Å². The largest absolute Gasteiger partial charge is 0.383 e. The lowest BCUT2D eigenvalue weighted by Crippen LogP contribution is -2.40. The van der Waals surface area contributed by atoms with Crippen LogP contribution in [-0.2, 0) is 24.1 Å². The fourth-order valence-electron chi connectivity index (χ4n) is 2.43. The minimum Gasteiger partial charge on any atom is -0.383 e. The number of hydrogen-bond donors (Lipinski definition) is 2. The van der Waals surface area contributed by atoms with Crippen LogP contribution in [-0.4, -0.2) is 54.1 Å². The molecule has 2 N–H and O–H groups in total. The van der Waals surface area contributed by atoms with Crippen molar-refractivity contribution in [1.29, 1.82) is 0 Å². The Labute approximate surface area is 183 Å². The van der Waals surface area contributed by atoms with Gasteiger partial charge in [0, 0.05) is 38.2 Å². The molecule has 0 aliphatic heterocycles. The summed E-state index contributed by atoms with van der Waals surface area (Å²) in [7, 11) is 1.68. The standard InChI is InChI=1S/C18H27ClN6O.HI/c1-3-17-24-23-14-25(17)12-10-21-18(22-11-13-26-2)20-9-8-15-4-6-16(19)7-5-15;/h4-7,14H,3,8-13H2,1-2H3,(H2,20,21,22);1H. The number of ether oxygens (including phenoxy) is 1. The van der Waals surface area contributed by atoms with Gasteiger partial charge in [-0.15, -0.1) is 34.2 Å². The van der Waals surface area contributed by atoms with Crippen LogP contribution in [0.15, 0.2) is 35.6 Å². The van der Waals surface area contributed by atoms with E-state index in [9.17, 15) is 0 Å². The van der Waals surface area contributed by atoms with Crippen LogP contribution < -0.4 is 10.6 Å². The number of nitrogens with zero attached hydrogens (tertiary/aromatic N) is 4. The molecule has 2 rings (SSSR count). The van der Waals surface area contributed by atoms with Crippen LogP contribution >= 0.6 is 35.6 Å². The van der Waals surface area contributed by atoms with Crippen molar-refractivity contribution in [3.63, 3.8) is 0 Å². The van der Waals surface area contributed by atoms with Crippen LogP contribution in [0.4, 0.5) is 0 Å². The summed E-state index contributed by atoms with van der Waals surface area (Å²) in [6.45, 7) is 5.59. The molecule has 0 unspecified atom stereocenters. The molecule has 150 valence electrons. The van der Waals surface area contributed by atoms with Gasteiger partial charge in [-0.25, -0.2) is 0 Å². The first-order valence-corrected chi connectivity index (χ1v) is 9.23. The topological polar surface area (TPSA) is 76.4 Å². The highest BCUT2D eigenvalue weighted by Gasteiger charge is 2.03. The molecular formula is C18H28ClIN6O. The summed E-state index contributed by atoms with van der Waals surface area (Å²) in [6, 6.07) is 7.90. The van der Waals surface area contributed by atoms with E-state index in [0.29, 0.717) is 13.2 Å². The maximum Gasteiger partial charge on any atom is 0.191 e. The SMILES string of the molecule is CCc1nncn1CCNC(=NCCOC)NCCc1ccc(Cl)cc1.I. The second-order valence-electron chi connectivity index (χ2n) is 5.75. The van der Waals surface area contributed by atoms with Gasteiger partial charge in [-0.2, -0.15) is 0 Å². The number of halogens is 2. The number of aromatic nitrogens is 3. The van der Waals surface area contributed by atoms with Crippen molar-refractivity contribution in [2.75, 3.05) is 33.4 Å².